The molecule has 0 atom stereocenters. The van der Waals surface area contributed by atoms with Crippen LogP contribution in [0.3, 0.4) is 0 Å². The van der Waals surface area contributed by atoms with Gasteiger partial charge in [-0.2, -0.15) is 5.10 Å². The van der Waals surface area contributed by atoms with Gasteiger partial charge in [-0.1, -0.05) is 0 Å². The fourth-order valence-electron chi connectivity index (χ4n) is 2.03. The molecular weight excluding hydrogens is 274 g/mol. The van der Waals surface area contributed by atoms with Gasteiger partial charge in [-0.3, -0.25) is 9.48 Å². The minimum absolute atomic E-state index is 0.0729. The zero-order valence-electron chi connectivity index (χ0n) is 12.6. The summed E-state index contributed by atoms with van der Waals surface area (Å²) in [6.07, 6.45) is 0. The molecule has 1 amide bonds. The molecule has 112 valence electrons. The van der Waals surface area contributed by atoms with Gasteiger partial charge in [0.05, 0.1) is 24.1 Å². The van der Waals surface area contributed by atoms with E-state index in [9.17, 15) is 9.59 Å². The number of nitrogens with one attached hydrogen (secondary N) is 1. The summed E-state index contributed by atoms with van der Waals surface area (Å²) in [5, 5.41) is 6.76. The number of rotatable bonds is 3. The van der Waals surface area contributed by atoms with Crippen LogP contribution in [0.1, 0.15) is 38.1 Å². The minimum Gasteiger partial charge on any atom is -0.466 e. The van der Waals surface area contributed by atoms with Crippen molar-refractivity contribution in [3.05, 3.63) is 34.5 Å². The van der Waals surface area contributed by atoms with Crippen LogP contribution < -0.4 is 5.32 Å². The SMILES string of the molecule is COC(=O)c1nn(C)c(C)c1NC(=O)c1cc(C)oc1C. The summed E-state index contributed by atoms with van der Waals surface area (Å²) in [4.78, 5) is 24.0. The van der Waals surface area contributed by atoms with Crippen LogP contribution in [0.15, 0.2) is 10.5 Å². The largest absolute Gasteiger partial charge is 0.466 e. The van der Waals surface area contributed by atoms with Crippen LogP contribution in [0.4, 0.5) is 5.69 Å². The van der Waals surface area contributed by atoms with Crippen LogP contribution in [0, 0.1) is 20.8 Å². The van der Waals surface area contributed by atoms with E-state index in [1.54, 1.807) is 33.9 Å². The topological polar surface area (TPSA) is 86.4 Å². The predicted octanol–water partition coefficient (Wildman–Crippen LogP) is 1.98. The molecule has 0 aliphatic carbocycles. The molecule has 0 aromatic carbocycles. The van der Waals surface area contributed by atoms with Crippen LogP contribution in [-0.4, -0.2) is 28.8 Å². The Morgan fingerprint density at radius 3 is 2.52 bits per heavy atom. The van der Waals surface area contributed by atoms with Gasteiger partial charge in [-0.05, 0) is 26.8 Å². The number of carbonyl (C=O) groups excluding carboxylic acids is 2. The predicted molar refractivity (Wildman–Crippen MR) is 75.4 cm³/mol. The third-order valence-corrected chi connectivity index (χ3v) is 3.24. The summed E-state index contributed by atoms with van der Waals surface area (Å²) < 4.78 is 11.5. The van der Waals surface area contributed by atoms with Crippen LogP contribution in [0.5, 0.6) is 0 Å². The minimum atomic E-state index is -0.603. The molecule has 0 bridgehead atoms. The number of aryl methyl sites for hydroxylation is 3. The maximum Gasteiger partial charge on any atom is 0.360 e. The number of carbonyl (C=O) groups is 2. The van der Waals surface area contributed by atoms with E-state index in [1.165, 1.54) is 11.8 Å². The Bertz CT molecular complexity index is 712. The van der Waals surface area contributed by atoms with E-state index >= 15 is 0 Å². The van der Waals surface area contributed by atoms with Crippen molar-refractivity contribution < 1.29 is 18.7 Å². The van der Waals surface area contributed by atoms with Gasteiger partial charge in [-0.25, -0.2) is 4.79 Å². The fourth-order valence-corrected chi connectivity index (χ4v) is 2.03. The highest BCUT2D eigenvalue weighted by Gasteiger charge is 2.23. The second-order valence-electron chi connectivity index (χ2n) is 4.71. The molecule has 1 N–H and O–H groups in total. The van der Waals surface area contributed by atoms with Crippen molar-refractivity contribution in [3.63, 3.8) is 0 Å². The summed E-state index contributed by atoms with van der Waals surface area (Å²) in [6, 6.07) is 1.65. The Hall–Kier alpha value is -2.57. The van der Waals surface area contributed by atoms with Crippen molar-refractivity contribution >= 4 is 17.6 Å². The summed E-state index contributed by atoms with van der Waals surface area (Å²) in [5.74, 6) is 0.208. The average Bonchev–Trinajstić information content (AvgIpc) is 2.91. The van der Waals surface area contributed by atoms with Gasteiger partial charge in [-0.15, -0.1) is 0 Å². The lowest BCUT2D eigenvalue weighted by molar-refractivity contribution is 0.0594. The Morgan fingerprint density at radius 2 is 2.00 bits per heavy atom. The van der Waals surface area contributed by atoms with Crippen LogP contribution in [-0.2, 0) is 11.8 Å². The number of nitrogens with zero attached hydrogens (tertiary/aromatic N) is 2. The monoisotopic (exact) mass is 291 g/mol. The Kier molecular flexibility index (Phi) is 3.84. The molecule has 0 spiro atoms. The lowest BCUT2D eigenvalue weighted by atomic mass is 10.2. The van der Waals surface area contributed by atoms with Crippen LogP contribution in [0.2, 0.25) is 0 Å². The second-order valence-corrected chi connectivity index (χ2v) is 4.71. The molecule has 0 aliphatic heterocycles. The van der Waals surface area contributed by atoms with Gasteiger partial charge < -0.3 is 14.5 Å². The third-order valence-electron chi connectivity index (χ3n) is 3.24. The highest BCUT2D eigenvalue weighted by molar-refractivity contribution is 6.08. The average molecular weight is 291 g/mol. The zero-order chi connectivity index (χ0) is 15.7. The molecule has 0 saturated heterocycles. The highest BCUT2D eigenvalue weighted by Crippen LogP contribution is 2.22. The first kappa shape index (κ1) is 14.8. The van der Waals surface area contributed by atoms with Gasteiger partial charge in [0.1, 0.15) is 11.5 Å². The summed E-state index contributed by atoms with van der Waals surface area (Å²) in [7, 11) is 2.95. The number of furan rings is 1. The van der Waals surface area contributed by atoms with E-state index in [1.807, 2.05) is 0 Å². The highest BCUT2D eigenvalue weighted by atomic mass is 16.5. The number of methoxy groups -OCH3 is 1. The first-order valence-corrected chi connectivity index (χ1v) is 6.35. The number of hydrogen-bond donors (Lipinski definition) is 1. The molecule has 0 aliphatic rings. The van der Waals surface area contributed by atoms with Gasteiger partial charge >= 0.3 is 5.97 Å². The van der Waals surface area contributed by atoms with Crippen molar-refractivity contribution in [1.29, 1.82) is 0 Å². The van der Waals surface area contributed by atoms with E-state index in [0.29, 0.717) is 28.5 Å². The lowest BCUT2D eigenvalue weighted by Gasteiger charge is -2.05. The molecular formula is C14H17N3O4. The normalized spacial score (nSPS) is 10.5. The van der Waals surface area contributed by atoms with Crippen molar-refractivity contribution in [2.75, 3.05) is 12.4 Å². The number of anilines is 1. The van der Waals surface area contributed by atoms with E-state index < -0.39 is 5.97 Å². The number of hydrogen-bond acceptors (Lipinski definition) is 5. The molecule has 21 heavy (non-hydrogen) atoms. The molecule has 2 heterocycles. The maximum atomic E-state index is 12.3. The number of ether oxygens (including phenoxy) is 1. The number of esters is 1. The van der Waals surface area contributed by atoms with E-state index in [2.05, 4.69) is 15.2 Å². The zero-order valence-corrected chi connectivity index (χ0v) is 12.6. The van der Waals surface area contributed by atoms with E-state index in [4.69, 9.17) is 4.42 Å². The van der Waals surface area contributed by atoms with Crippen LogP contribution >= 0.6 is 0 Å². The second kappa shape index (κ2) is 5.43. The maximum absolute atomic E-state index is 12.3. The van der Waals surface area contributed by atoms with Crippen molar-refractivity contribution in [2.45, 2.75) is 20.8 Å². The van der Waals surface area contributed by atoms with Crippen molar-refractivity contribution in [1.82, 2.24) is 9.78 Å². The molecule has 2 aromatic rings. The first-order chi connectivity index (χ1) is 9.85. The Labute approximate surface area is 121 Å². The molecule has 0 saturated carbocycles. The molecule has 2 aromatic heterocycles. The van der Waals surface area contributed by atoms with Crippen molar-refractivity contribution in [2.24, 2.45) is 7.05 Å². The summed E-state index contributed by atoms with van der Waals surface area (Å²) >= 11 is 0. The van der Waals surface area contributed by atoms with Gasteiger partial charge in [0.15, 0.2) is 5.69 Å². The Morgan fingerprint density at radius 1 is 1.33 bits per heavy atom. The standard InChI is InChI=1S/C14H17N3O4/c1-7-6-10(9(3)21-7)13(18)15-11-8(2)17(4)16-12(11)14(19)20-5/h6H,1-5H3,(H,15,18). The van der Waals surface area contributed by atoms with Crippen LogP contribution in [0.25, 0.3) is 0 Å². The molecule has 7 nitrogen and oxygen atoms in total. The third kappa shape index (κ3) is 2.67. The molecule has 0 fully saturated rings. The lowest BCUT2D eigenvalue weighted by Crippen LogP contribution is -2.15. The van der Waals surface area contributed by atoms with Gasteiger partial charge in [0.2, 0.25) is 0 Å². The molecule has 0 unspecified atom stereocenters. The van der Waals surface area contributed by atoms with Gasteiger partial charge in [0.25, 0.3) is 5.91 Å². The smallest absolute Gasteiger partial charge is 0.360 e. The molecule has 0 radical (unpaired) electrons. The summed E-state index contributed by atoms with van der Waals surface area (Å²) in [6.45, 7) is 5.22. The quantitative estimate of drug-likeness (QED) is 0.874. The van der Waals surface area contributed by atoms with Gasteiger partial charge in [0, 0.05) is 7.05 Å². The van der Waals surface area contributed by atoms with E-state index in [-0.39, 0.29) is 11.6 Å². The Balaban J connectivity index is 2.37. The molecule has 2 rings (SSSR count). The summed E-state index contributed by atoms with van der Waals surface area (Å²) in [5.41, 5.74) is 1.49. The van der Waals surface area contributed by atoms with Crippen molar-refractivity contribution in [3.8, 4) is 0 Å². The number of aromatic nitrogens is 2. The first-order valence-electron chi connectivity index (χ1n) is 6.35. The number of amides is 1. The molecule has 7 heteroatoms. The van der Waals surface area contributed by atoms with E-state index in [0.717, 1.165) is 0 Å². The fraction of sp³-hybridized carbons (Fsp3) is 0.357.